The first-order chi connectivity index (χ1) is 8.10. The summed E-state index contributed by atoms with van der Waals surface area (Å²) in [7, 11) is 1.51. The maximum atomic E-state index is 6.09. The summed E-state index contributed by atoms with van der Waals surface area (Å²) in [6.45, 7) is 0. The summed E-state index contributed by atoms with van der Waals surface area (Å²) in [6, 6.07) is 6.80. The van der Waals surface area contributed by atoms with Crippen molar-refractivity contribution >= 4 is 29.2 Å². The summed E-state index contributed by atoms with van der Waals surface area (Å²) in [4.78, 5) is 8.00. The van der Waals surface area contributed by atoms with Gasteiger partial charge in [-0.15, -0.1) is 0 Å². The van der Waals surface area contributed by atoms with Crippen LogP contribution in [0.15, 0.2) is 24.3 Å². The van der Waals surface area contributed by atoms with Gasteiger partial charge in [0.1, 0.15) is 0 Å². The lowest BCUT2D eigenvalue weighted by Gasteiger charge is -2.06. The van der Waals surface area contributed by atoms with E-state index in [2.05, 4.69) is 9.97 Å². The molecule has 88 valence electrons. The van der Waals surface area contributed by atoms with Crippen molar-refractivity contribution in [3.8, 4) is 17.1 Å². The van der Waals surface area contributed by atoms with E-state index >= 15 is 0 Å². The van der Waals surface area contributed by atoms with Crippen molar-refractivity contribution in [2.24, 2.45) is 0 Å². The minimum Gasteiger partial charge on any atom is -0.481 e. The molecule has 0 bridgehead atoms. The van der Waals surface area contributed by atoms with E-state index in [0.717, 1.165) is 5.56 Å². The Morgan fingerprint density at radius 2 is 1.94 bits per heavy atom. The van der Waals surface area contributed by atoms with Gasteiger partial charge in [-0.1, -0.05) is 23.2 Å². The number of ether oxygens (including phenoxy) is 1. The zero-order valence-electron chi connectivity index (χ0n) is 8.95. The van der Waals surface area contributed by atoms with Crippen LogP contribution < -0.4 is 10.5 Å². The van der Waals surface area contributed by atoms with Crippen molar-refractivity contribution in [2.75, 3.05) is 12.8 Å². The van der Waals surface area contributed by atoms with Gasteiger partial charge in [0.2, 0.25) is 11.8 Å². The van der Waals surface area contributed by atoms with Gasteiger partial charge >= 0.3 is 0 Å². The van der Waals surface area contributed by atoms with Gasteiger partial charge in [0, 0.05) is 16.7 Å². The number of nitrogens with zero attached hydrogens (tertiary/aromatic N) is 2. The molecule has 2 N–H and O–H groups in total. The Hall–Kier alpha value is -1.52. The number of nitrogens with two attached hydrogens (primary N) is 1. The van der Waals surface area contributed by atoms with Gasteiger partial charge < -0.3 is 10.5 Å². The molecule has 2 rings (SSSR count). The fourth-order valence-corrected chi connectivity index (χ4v) is 1.89. The maximum Gasteiger partial charge on any atom is 0.223 e. The van der Waals surface area contributed by atoms with Crippen LogP contribution in [0.1, 0.15) is 0 Å². The van der Waals surface area contributed by atoms with Gasteiger partial charge in [0.25, 0.3) is 0 Å². The van der Waals surface area contributed by atoms with Gasteiger partial charge in [-0.2, -0.15) is 4.98 Å². The zero-order valence-corrected chi connectivity index (χ0v) is 10.5. The zero-order chi connectivity index (χ0) is 12.4. The Bertz CT molecular complexity index is 560. The number of hydrogen-bond donors (Lipinski definition) is 1. The standard InChI is InChI=1S/C11H9Cl2N3O/c1-17-10-5-9(15-11(14)16-10)7-3-2-6(12)4-8(7)13/h2-5H,1H3,(H2,14,15,16). The lowest BCUT2D eigenvalue weighted by molar-refractivity contribution is 0.398. The average molecular weight is 270 g/mol. The topological polar surface area (TPSA) is 61.0 Å². The lowest BCUT2D eigenvalue weighted by Crippen LogP contribution is -1.99. The molecule has 0 aliphatic rings. The molecule has 17 heavy (non-hydrogen) atoms. The first-order valence-corrected chi connectivity index (χ1v) is 5.49. The predicted octanol–water partition coefficient (Wildman–Crippen LogP) is 3.04. The molecule has 0 aliphatic carbocycles. The van der Waals surface area contributed by atoms with Gasteiger partial charge in [-0.25, -0.2) is 4.98 Å². The minimum atomic E-state index is 0.130. The Morgan fingerprint density at radius 3 is 2.59 bits per heavy atom. The molecular formula is C11H9Cl2N3O. The molecule has 1 aromatic heterocycles. The third-order valence-electron chi connectivity index (χ3n) is 2.14. The fourth-order valence-electron chi connectivity index (χ4n) is 1.38. The van der Waals surface area contributed by atoms with Crippen LogP contribution in [0.3, 0.4) is 0 Å². The quantitative estimate of drug-likeness (QED) is 0.911. The molecule has 1 heterocycles. The Kier molecular flexibility index (Phi) is 3.36. The third kappa shape index (κ3) is 2.60. The second-order valence-electron chi connectivity index (χ2n) is 3.28. The SMILES string of the molecule is COc1cc(-c2ccc(Cl)cc2Cl)nc(N)n1. The summed E-state index contributed by atoms with van der Waals surface area (Å²) in [5, 5.41) is 1.06. The average Bonchev–Trinajstić information content (AvgIpc) is 2.28. The van der Waals surface area contributed by atoms with E-state index in [-0.39, 0.29) is 5.95 Å². The minimum absolute atomic E-state index is 0.130. The molecule has 0 amide bonds. The number of anilines is 1. The number of hydrogen-bond acceptors (Lipinski definition) is 4. The molecular weight excluding hydrogens is 261 g/mol. The fraction of sp³-hybridized carbons (Fsp3) is 0.0909. The summed E-state index contributed by atoms with van der Waals surface area (Å²) in [6.07, 6.45) is 0. The molecule has 0 fully saturated rings. The molecule has 1 aromatic carbocycles. The van der Waals surface area contributed by atoms with Gasteiger partial charge in [0.15, 0.2) is 0 Å². The Morgan fingerprint density at radius 1 is 1.18 bits per heavy atom. The number of aromatic nitrogens is 2. The molecule has 6 heteroatoms. The molecule has 0 unspecified atom stereocenters. The van der Waals surface area contributed by atoms with Crippen molar-refractivity contribution < 1.29 is 4.74 Å². The summed E-state index contributed by atoms with van der Waals surface area (Å²) >= 11 is 11.9. The number of rotatable bonds is 2. The van der Waals surface area contributed by atoms with Crippen LogP contribution >= 0.6 is 23.2 Å². The normalized spacial score (nSPS) is 10.3. The second kappa shape index (κ2) is 4.77. The highest BCUT2D eigenvalue weighted by molar-refractivity contribution is 6.36. The summed E-state index contributed by atoms with van der Waals surface area (Å²) in [5.41, 5.74) is 6.90. The lowest BCUT2D eigenvalue weighted by atomic mass is 10.1. The third-order valence-corrected chi connectivity index (χ3v) is 2.68. The number of nitrogen functional groups attached to an aromatic ring is 1. The second-order valence-corrected chi connectivity index (χ2v) is 4.12. The molecule has 0 aliphatic heterocycles. The van der Waals surface area contributed by atoms with E-state index in [1.807, 2.05) is 0 Å². The van der Waals surface area contributed by atoms with Crippen LogP contribution in [0, 0.1) is 0 Å². The van der Waals surface area contributed by atoms with Gasteiger partial charge in [0.05, 0.1) is 17.8 Å². The molecule has 0 spiro atoms. The van der Waals surface area contributed by atoms with Crippen molar-refractivity contribution in [1.82, 2.24) is 9.97 Å². The highest BCUT2D eigenvalue weighted by Crippen LogP contribution is 2.30. The monoisotopic (exact) mass is 269 g/mol. The Balaban J connectivity index is 2.55. The molecule has 4 nitrogen and oxygen atoms in total. The first kappa shape index (κ1) is 12.0. The van der Waals surface area contributed by atoms with Crippen LogP contribution in [0.2, 0.25) is 10.0 Å². The highest BCUT2D eigenvalue weighted by atomic mass is 35.5. The predicted molar refractivity (Wildman–Crippen MR) is 68.5 cm³/mol. The summed E-state index contributed by atoms with van der Waals surface area (Å²) < 4.78 is 5.02. The highest BCUT2D eigenvalue weighted by Gasteiger charge is 2.09. The van der Waals surface area contributed by atoms with Crippen LogP contribution in [-0.4, -0.2) is 17.1 Å². The molecule has 0 atom stereocenters. The smallest absolute Gasteiger partial charge is 0.223 e. The van der Waals surface area contributed by atoms with E-state index in [0.29, 0.717) is 21.6 Å². The van der Waals surface area contributed by atoms with Crippen LogP contribution in [0.25, 0.3) is 11.3 Å². The van der Waals surface area contributed by atoms with Gasteiger partial charge in [-0.05, 0) is 18.2 Å². The van der Waals surface area contributed by atoms with Crippen molar-refractivity contribution in [3.05, 3.63) is 34.3 Å². The largest absolute Gasteiger partial charge is 0.481 e. The maximum absolute atomic E-state index is 6.09. The molecule has 2 aromatic rings. The Labute approximate surface area is 108 Å². The van der Waals surface area contributed by atoms with Gasteiger partial charge in [-0.3, -0.25) is 0 Å². The number of halogens is 2. The van der Waals surface area contributed by atoms with Crippen LogP contribution in [-0.2, 0) is 0 Å². The first-order valence-electron chi connectivity index (χ1n) is 4.74. The van der Waals surface area contributed by atoms with E-state index in [4.69, 9.17) is 33.7 Å². The number of methoxy groups -OCH3 is 1. The van der Waals surface area contributed by atoms with E-state index in [9.17, 15) is 0 Å². The van der Waals surface area contributed by atoms with E-state index < -0.39 is 0 Å². The number of benzene rings is 1. The van der Waals surface area contributed by atoms with Crippen molar-refractivity contribution in [1.29, 1.82) is 0 Å². The van der Waals surface area contributed by atoms with Crippen LogP contribution in [0.4, 0.5) is 5.95 Å². The molecule has 0 radical (unpaired) electrons. The molecule has 0 saturated heterocycles. The molecule has 0 saturated carbocycles. The van der Waals surface area contributed by atoms with Crippen molar-refractivity contribution in [2.45, 2.75) is 0 Å². The van der Waals surface area contributed by atoms with E-state index in [1.165, 1.54) is 7.11 Å². The summed E-state index contributed by atoms with van der Waals surface area (Å²) in [5.74, 6) is 0.517. The van der Waals surface area contributed by atoms with E-state index in [1.54, 1.807) is 24.3 Å². The van der Waals surface area contributed by atoms with Crippen molar-refractivity contribution in [3.63, 3.8) is 0 Å². The van der Waals surface area contributed by atoms with Crippen LogP contribution in [0.5, 0.6) is 5.88 Å².